The maximum atomic E-state index is 11.5. The van der Waals surface area contributed by atoms with Crippen molar-refractivity contribution in [3.63, 3.8) is 0 Å². The molecule has 2 N–H and O–H groups in total. The summed E-state index contributed by atoms with van der Waals surface area (Å²) in [6, 6.07) is 13.2. The van der Waals surface area contributed by atoms with Crippen molar-refractivity contribution in [2.45, 2.75) is 26.0 Å². The van der Waals surface area contributed by atoms with Crippen LogP contribution in [-0.4, -0.2) is 25.7 Å². The van der Waals surface area contributed by atoms with E-state index in [2.05, 4.69) is 11.8 Å². The molecule has 0 radical (unpaired) electrons. The minimum absolute atomic E-state index is 0.162. The highest BCUT2D eigenvalue weighted by Gasteiger charge is 2.24. The van der Waals surface area contributed by atoms with Crippen LogP contribution in [0.1, 0.15) is 29.3 Å². The molecule has 1 aliphatic heterocycles. The molecule has 2 aromatic rings. The molecule has 3 rings (SSSR count). The molecule has 1 unspecified atom stereocenters. The summed E-state index contributed by atoms with van der Waals surface area (Å²) in [4.78, 5) is 13.8. The van der Waals surface area contributed by atoms with Crippen molar-refractivity contribution in [1.29, 1.82) is 0 Å². The molecular formula is C19H22N2O3. The van der Waals surface area contributed by atoms with Crippen LogP contribution in [0.2, 0.25) is 0 Å². The van der Waals surface area contributed by atoms with Crippen LogP contribution in [0.5, 0.6) is 5.75 Å². The van der Waals surface area contributed by atoms with Gasteiger partial charge in [-0.2, -0.15) is 0 Å². The Morgan fingerprint density at radius 1 is 1.29 bits per heavy atom. The predicted octanol–water partition coefficient (Wildman–Crippen LogP) is 3.23. The summed E-state index contributed by atoms with van der Waals surface area (Å²) in [5.74, 6) is 0.547. The first-order chi connectivity index (χ1) is 11.6. The van der Waals surface area contributed by atoms with Gasteiger partial charge < -0.3 is 20.1 Å². The van der Waals surface area contributed by atoms with Crippen LogP contribution in [0.4, 0.5) is 11.4 Å². The number of esters is 1. The fourth-order valence-electron chi connectivity index (χ4n) is 2.89. The van der Waals surface area contributed by atoms with Gasteiger partial charge in [-0.15, -0.1) is 0 Å². The molecule has 24 heavy (non-hydrogen) atoms. The van der Waals surface area contributed by atoms with Gasteiger partial charge in [0.25, 0.3) is 0 Å². The monoisotopic (exact) mass is 326 g/mol. The first kappa shape index (κ1) is 16.2. The largest absolute Gasteiger partial charge is 0.486 e. The number of rotatable bonds is 4. The molecule has 1 atom stereocenters. The van der Waals surface area contributed by atoms with Crippen LogP contribution in [-0.2, 0) is 11.3 Å². The minimum Gasteiger partial charge on any atom is -0.486 e. The van der Waals surface area contributed by atoms with Crippen LogP contribution in [0.3, 0.4) is 0 Å². The van der Waals surface area contributed by atoms with Crippen molar-refractivity contribution in [3.05, 3.63) is 53.6 Å². The third kappa shape index (κ3) is 3.30. The SMILES string of the molecule is CCC1CN(Cc2ccc(C(=O)OC)cc2)c2cc(N)ccc2O1. The molecule has 0 bridgehead atoms. The van der Waals surface area contributed by atoms with E-state index in [1.807, 2.05) is 30.3 Å². The van der Waals surface area contributed by atoms with Gasteiger partial charge in [0.1, 0.15) is 11.9 Å². The summed E-state index contributed by atoms with van der Waals surface area (Å²) < 4.78 is 10.7. The Morgan fingerprint density at radius 2 is 2.04 bits per heavy atom. The topological polar surface area (TPSA) is 64.8 Å². The number of carbonyl (C=O) groups excluding carboxylic acids is 1. The number of nitrogen functional groups attached to an aromatic ring is 1. The lowest BCUT2D eigenvalue weighted by molar-refractivity contribution is 0.0600. The zero-order valence-electron chi connectivity index (χ0n) is 14.0. The number of nitrogens with two attached hydrogens (primary N) is 1. The highest BCUT2D eigenvalue weighted by molar-refractivity contribution is 5.89. The van der Waals surface area contributed by atoms with Crippen LogP contribution in [0, 0.1) is 0 Å². The molecule has 5 nitrogen and oxygen atoms in total. The molecule has 5 heteroatoms. The number of benzene rings is 2. The number of methoxy groups -OCH3 is 1. The van der Waals surface area contributed by atoms with Gasteiger partial charge in [-0.1, -0.05) is 19.1 Å². The third-order valence-corrected chi connectivity index (χ3v) is 4.25. The first-order valence-corrected chi connectivity index (χ1v) is 8.09. The average molecular weight is 326 g/mol. The van der Waals surface area contributed by atoms with E-state index in [0.29, 0.717) is 5.56 Å². The zero-order valence-corrected chi connectivity index (χ0v) is 14.0. The Bertz CT molecular complexity index is 728. The second-order valence-electron chi connectivity index (χ2n) is 5.94. The quantitative estimate of drug-likeness (QED) is 0.690. The molecular weight excluding hydrogens is 304 g/mol. The maximum absolute atomic E-state index is 11.5. The van der Waals surface area contributed by atoms with E-state index in [9.17, 15) is 4.79 Å². The van der Waals surface area contributed by atoms with Gasteiger partial charge in [-0.05, 0) is 42.3 Å². The Balaban J connectivity index is 1.83. The number of hydrogen-bond donors (Lipinski definition) is 1. The smallest absolute Gasteiger partial charge is 0.337 e. The number of fused-ring (bicyclic) bond motifs is 1. The summed E-state index contributed by atoms with van der Waals surface area (Å²) in [6.45, 7) is 3.67. The number of nitrogens with zero attached hydrogens (tertiary/aromatic N) is 1. The Labute approximate surface area is 142 Å². The predicted molar refractivity (Wildman–Crippen MR) is 94.4 cm³/mol. The second kappa shape index (κ2) is 6.83. The highest BCUT2D eigenvalue weighted by Crippen LogP contribution is 2.36. The lowest BCUT2D eigenvalue weighted by Gasteiger charge is -2.36. The summed E-state index contributed by atoms with van der Waals surface area (Å²) in [7, 11) is 1.39. The third-order valence-electron chi connectivity index (χ3n) is 4.25. The molecule has 0 spiro atoms. The standard InChI is InChI=1S/C19H22N2O3/c1-3-16-12-21(17-10-15(20)8-9-18(17)24-16)11-13-4-6-14(7-5-13)19(22)23-2/h4-10,16H,3,11-12,20H2,1-2H3. The summed E-state index contributed by atoms with van der Waals surface area (Å²) in [6.07, 6.45) is 1.11. The van der Waals surface area contributed by atoms with E-state index in [1.165, 1.54) is 7.11 Å². The van der Waals surface area contributed by atoms with Crippen molar-refractivity contribution in [1.82, 2.24) is 0 Å². The van der Waals surface area contributed by atoms with E-state index in [1.54, 1.807) is 12.1 Å². The van der Waals surface area contributed by atoms with Gasteiger partial charge in [0, 0.05) is 12.2 Å². The Morgan fingerprint density at radius 3 is 2.71 bits per heavy atom. The zero-order chi connectivity index (χ0) is 17.1. The molecule has 0 amide bonds. The molecule has 0 saturated carbocycles. The number of carbonyl (C=O) groups is 1. The normalized spacial score (nSPS) is 16.2. The lowest BCUT2D eigenvalue weighted by Crippen LogP contribution is -2.39. The summed E-state index contributed by atoms with van der Waals surface area (Å²) >= 11 is 0. The van der Waals surface area contributed by atoms with Crippen molar-refractivity contribution in [2.24, 2.45) is 0 Å². The molecule has 0 aromatic heterocycles. The van der Waals surface area contributed by atoms with Gasteiger partial charge in [0.15, 0.2) is 0 Å². The van der Waals surface area contributed by atoms with Crippen molar-refractivity contribution in [2.75, 3.05) is 24.3 Å². The molecule has 0 aliphatic carbocycles. The number of ether oxygens (including phenoxy) is 2. The first-order valence-electron chi connectivity index (χ1n) is 8.09. The fourth-order valence-corrected chi connectivity index (χ4v) is 2.89. The molecule has 0 fully saturated rings. The number of anilines is 2. The van der Waals surface area contributed by atoms with Crippen molar-refractivity contribution in [3.8, 4) is 5.75 Å². The van der Waals surface area contributed by atoms with E-state index >= 15 is 0 Å². The lowest BCUT2D eigenvalue weighted by atomic mass is 10.1. The fraction of sp³-hybridized carbons (Fsp3) is 0.316. The molecule has 2 aromatic carbocycles. The maximum Gasteiger partial charge on any atom is 0.337 e. The van der Waals surface area contributed by atoms with Crippen molar-refractivity contribution >= 4 is 17.3 Å². The highest BCUT2D eigenvalue weighted by atomic mass is 16.5. The van der Waals surface area contributed by atoms with Crippen molar-refractivity contribution < 1.29 is 14.3 Å². The van der Waals surface area contributed by atoms with Gasteiger partial charge in [0.05, 0.1) is 24.9 Å². The van der Waals surface area contributed by atoms with Crippen LogP contribution in [0.15, 0.2) is 42.5 Å². The molecule has 1 aliphatic rings. The molecule has 126 valence electrons. The van der Waals surface area contributed by atoms with Crippen LogP contribution >= 0.6 is 0 Å². The average Bonchev–Trinajstić information content (AvgIpc) is 2.61. The molecule has 1 heterocycles. The van der Waals surface area contributed by atoms with Gasteiger partial charge in [-0.3, -0.25) is 0 Å². The Hall–Kier alpha value is -2.69. The minimum atomic E-state index is -0.322. The number of hydrogen-bond acceptors (Lipinski definition) is 5. The molecule has 0 saturated heterocycles. The second-order valence-corrected chi connectivity index (χ2v) is 5.94. The Kier molecular flexibility index (Phi) is 4.60. The van der Waals surface area contributed by atoms with E-state index < -0.39 is 0 Å². The van der Waals surface area contributed by atoms with Crippen LogP contribution < -0.4 is 15.4 Å². The van der Waals surface area contributed by atoms with E-state index in [4.69, 9.17) is 15.2 Å². The van der Waals surface area contributed by atoms with E-state index in [0.717, 1.165) is 42.2 Å². The van der Waals surface area contributed by atoms with E-state index in [-0.39, 0.29) is 12.1 Å². The van der Waals surface area contributed by atoms with Gasteiger partial charge in [0.2, 0.25) is 0 Å². The summed E-state index contributed by atoms with van der Waals surface area (Å²) in [5, 5.41) is 0. The van der Waals surface area contributed by atoms with Crippen LogP contribution in [0.25, 0.3) is 0 Å². The van der Waals surface area contributed by atoms with Gasteiger partial charge in [-0.25, -0.2) is 4.79 Å². The van der Waals surface area contributed by atoms with Gasteiger partial charge >= 0.3 is 5.97 Å². The summed E-state index contributed by atoms with van der Waals surface area (Å²) in [5.41, 5.74) is 9.34.